The Morgan fingerprint density at radius 3 is 2.62 bits per heavy atom. The first-order chi connectivity index (χ1) is 16.6. The van der Waals surface area contributed by atoms with Crippen molar-refractivity contribution in [1.29, 1.82) is 0 Å². The third-order valence-electron chi connectivity index (χ3n) is 5.35. The van der Waals surface area contributed by atoms with Crippen molar-refractivity contribution in [3.63, 3.8) is 0 Å². The highest BCUT2D eigenvalue weighted by molar-refractivity contribution is 6.05. The molecule has 0 spiro atoms. The van der Waals surface area contributed by atoms with Gasteiger partial charge in [0.05, 0.1) is 53.4 Å². The van der Waals surface area contributed by atoms with E-state index in [1.165, 1.54) is 10.8 Å². The van der Waals surface area contributed by atoms with Gasteiger partial charge in [-0.05, 0) is 6.07 Å². The van der Waals surface area contributed by atoms with Gasteiger partial charge in [-0.2, -0.15) is 5.10 Å². The Balaban J connectivity index is 1.81. The topological polar surface area (TPSA) is 89.0 Å². The molecule has 0 unspecified atom stereocenters. The lowest BCUT2D eigenvalue weighted by molar-refractivity contribution is 0.408. The molecule has 0 bridgehead atoms. The molecule has 4 heterocycles. The summed E-state index contributed by atoms with van der Waals surface area (Å²) < 4.78 is 51.2. The number of pyridine rings is 2. The summed E-state index contributed by atoms with van der Waals surface area (Å²) in [4.78, 5) is 21.7. The second-order valence-corrected chi connectivity index (χ2v) is 7.22. The molecule has 0 aliphatic rings. The molecule has 0 saturated carbocycles. The molecule has 5 rings (SSSR count). The number of aryl methyl sites for hydroxylation is 2. The molecule has 0 N–H and O–H groups in total. The van der Waals surface area contributed by atoms with Gasteiger partial charge in [-0.3, -0.25) is 14.2 Å². The Labute approximate surface area is 185 Å². The largest absolute Gasteiger partial charge is 0.496 e. The number of hydrogen-bond acceptors (Lipinski definition) is 6. The van der Waals surface area contributed by atoms with Gasteiger partial charge >= 0.3 is 5.69 Å². The van der Waals surface area contributed by atoms with Crippen LogP contribution in [0, 0.1) is 5.82 Å². The number of aromatic nitrogens is 6. The van der Waals surface area contributed by atoms with Crippen LogP contribution >= 0.6 is 0 Å². The SMILES string of the molecule is [2H]C([2H])([2H])Oc1cnc(-n2c(=O)n(C)c3cnc4cc(OC)c(-c5cnn(C)c5)cc4c32)c(F)c1. The first-order valence-corrected chi connectivity index (χ1v) is 9.49. The third kappa shape index (κ3) is 2.83. The van der Waals surface area contributed by atoms with Gasteiger partial charge in [-0.25, -0.2) is 18.7 Å². The summed E-state index contributed by atoms with van der Waals surface area (Å²) in [6.07, 6.45) is 6.08. The summed E-state index contributed by atoms with van der Waals surface area (Å²) in [5.41, 5.74) is 2.29. The number of methoxy groups -OCH3 is 2. The van der Waals surface area contributed by atoms with Gasteiger partial charge in [0.15, 0.2) is 11.6 Å². The maximum Gasteiger partial charge on any atom is 0.334 e. The number of imidazole rings is 1. The Bertz CT molecular complexity index is 1670. The van der Waals surface area contributed by atoms with E-state index in [1.54, 1.807) is 44.2 Å². The Kier molecular flexibility index (Phi) is 3.70. The van der Waals surface area contributed by atoms with E-state index in [0.29, 0.717) is 33.2 Å². The number of benzene rings is 1. The minimum atomic E-state index is -2.77. The Morgan fingerprint density at radius 1 is 1.09 bits per heavy atom. The first-order valence-electron chi connectivity index (χ1n) is 11.0. The molecule has 0 aliphatic carbocycles. The second kappa shape index (κ2) is 7.19. The van der Waals surface area contributed by atoms with Gasteiger partial charge < -0.3 is 9.47 Å². The summed E-state index contributed by atoms with van der Waals surface area (Å²) in [6.45, 7) is 0. The van der Waals surface area contributed by atoms with Gasteiger partial charge in [-0.1, -0.05) is 0 Å². The minimum absolute atomic E-state index is 0.283. The molecule has 0 fully saturated rings. The summed E-state index contributed by atoms with van der Waals surface area (Å²) in [7, 11) is 2.11. The van der Waals surface area contributed by atoms with Crippen molar-refractivity contribution in [3.8, 4) is 28.4 Å². The fraction of sp³-hybridized carbons (Fsp3) is 0.182. The molecule has 9 nitrogen and oxygen atoms in total. The van der Waals surface area contributed by atoms with Crippen molar-refractivity contribution in [2.75, 3.05) is 14.1 Å². The monoisotopic (exact) mass is 437 g/mol. The summed E-state index contributed by atoms with van der Waals surface area (Å²) in [5, 5.41) is 4.77. The zero-order chi connectivity index (χ0) is 25.1. The molecule has 0 radical (unpaired) electrons. The zero-order valence-corrected chi connectivity index (χ0v) is 17.3. The number of nitrogens with zero attached hydrogens (tertiary/aromatic N) is 6. The quantitative estimate of drug-likeness (QED) is 0.430. The Morgan fingerprint density at radius 2 is 1.94 bits per heavy atom. The lowest BCUT2D eigenvalue weighted by Gasteiger charge is -2.11. The van der Waals surface area contributed by atoms with Crippen molar-refractivity contribution in [2.24, 2.45) is 14.1 Å². The van der Waals surface area contributed by atoms with Crippen LogP contribution in [-0.2, 0) is 14.1 Å². The highest BCUT2D eigenvalue weighted by Gasteiger charge is 2.21. The predicted molar refractivity (Wildman–Crippen MR) is 117 cm³/mol. The summed E-state index contributed by atoms with van der Waals surface area (Å²) >= 11 is 0. The van der Waals surface area contributed by atoms with Gasteiger partial charge in [0.1, 0.15) is 11.5 Å². The highest BCUT2D eigenvalue weighted by atomic mass is 19.1. The van der Waals surface area contributed by atoms with E-state index in [9.17, 15) is 4.79 Å². The normalized spacial score (nSPS) is 13.2. The minimum Gasteiger partial charge on any atom is -0.496 e. The average molecular weight is 437 g/mol. The fourth-order valence-electron chi connectivity index (χ4n) is 3.81. The maximum absolute atomic E-state index is 15.2. The van der Waals surface area contributed by atoms with E-state index < -0.39 is 18.5 Å². The van der Waals surface area contributed by atoms with Crippen LogP contribution in [0.15, 0.2) is 47.8 Å². The van der Waals surface area contributed by atoms with Crippen molar-refractivity contribution in [1.82, 2.24) is 28.9 Å². The lowest BCUT2D eigenvalue weighted by atomic mass is 10.0. The van der Waals surface area contributed by atoms with Crippen molar-refractivity contribution >= 4 is 21.9 Å². The van der Waals surface area contributed by atoms with Crippen LogP contribution in [0.1, 0.15) is 4.11 Å². The van der Waals surface area contributed by atoms with Crippen molar-refractivity contribution < 1.29 is 18.0 Å². The van der Waals surface area contributed by atoms with Crippen LogP contribution in [0.25, 0.3) is 38.9 Å². The van der Waals surface area contributed by atoms with E-state index in [4.69, 9.17) is 13.6 Å². The van der Waals surface area contributed by atoms with Gasteiger partial charge in [0.25, 0.3) is 0 Å². The van der Waals surface area contributed by atoms with Crippen LogP contribution in [0.5, 0.6) is 11.5 Å². The molecule has 162 valence electrons. The van der Waals surface area contributed by atoms with Gasteiger partial charge in [-0.15, -0.1) is 0 Å². The molecule has 10 heteroatoms. The van der Waals surface area contributed by atoms with Crippen LogP contribution in [0.3, 0.4) is 0 Å². The molecule has 0 atom stereocenters. The maximum atomic E-state index is 15.2. The predicted octanol–water partition coefficient (Wildman–Crippen LogP) is 2.83. The number of halogens is 1. The number of hydrogen-bond donors (Lipinski definition) is 0. The molecule has 0 saturated heterocycles. The molecule has 0 amide bonds. The lowest BCUT2D eigenvalue weighted by Crippen LogP contribution is -2.22. The molecular formula is C22H19FN6O3. The molecule has 4 aromatic heterocycles. The number of ether oxygens (including phenoxy) is 2. The van der Waals surface area contributed by atoms with Gasteiger partial charge in [0.2, 0.25) is 0 Å². The van der Waals surface area contributed by atoms with Crippen LogP contribution in [-0.4, -0.2) is 43.0 Å². The summed E-state index contributed by atoms with van der Waals surface area (Å²) in [5.74, 6) is -0.954. The number of rotatable bonds is 4. The molecule has 0 aliphatic heterocycles. The molecule has 1 aromatic carbocycles. The van der Waals surface area contributed by atoms with Crippen LogP contribution in [0.2, 0.25) is 0 Å². The van der Waals surface area contributed by atoms with E-state index in [0.717, 1.165) is 22.4 Å². The molecular weight excluding hydrogens is 415 g/mol. The van der Waals surface area contributed by atoms with Crippen LogP contribution in [0.4, 0.5) is 4.39 Å². The van der Waals surface area contributed by atoms with E-state index in [-0.39, 0.29) is 11.6 Å². The van der Waals surface area contributed by atoms with E-state index in [2.05, 4.69) is 15.1 Å². The smallest absolute Gasteiger partial charge is 0.334 e. The van der Waals surface area contributed by atoms with Crippen molar-refractivity contribution in [3.05, 3.63) is 59.3 Å². The van der Waals surface area contributed by atoms with E-state index >= 15 is 4.39 Å². The zero-order valence-electron chi connectivity index (χ0n) is 20.3. The van der Waals surface area contributed by atoms with Gasteiger partial charge in [0, 0.05) is 48.9 Å². The van der Waals surface area contributed by atoms with Crippen molar-refractivity contribution in [2.45, 2.75) is 0 Å². The van der Waals surface area contributed by atoms with E-state index in [1.807, 2.05) is 6.20 Å². The standard InChI is InChI=1S/C22H19FN6O3/c1-27-11-12(8-26-27)14-6-15-17(7-19(14)32-4)24-10-18-20(15)29(22(30)28(18)2)21-16(23)5-13(31-3)9-25-21/h5-11H,1-4H3/i3D3. The third-order valence-corrected chi connectivity index (χ3v) is 5.35. The molecule has 32 heavy (non-hydrogen) atoms. The highest BCUT2D eigenvalue weighted by Crippen LogP contribution is 2.36. The summed E-state index contributed by atoms with van der Waals surface area (Å²) in [6, 6.07) is 4.42. The average Bonchev–Trinajstić information content (AvgIpc) is 3.33. The number of fused-ring (bicyclic) bond motifs is 3. The fourth-order valence-corrected chi connectivity index (χ4v) is 3.81. The second-order valence-electron chi connectivity index (χ2n) is 7.22. The molecule has 5 aromatic rings. The van der Waals surface area contributed by atoms with Crippen LogP contribution < -0.4 is 15.2 Å². The first kappa shape index (κ1) is 16.5. The Hall–Kier alpha value is -4.21.